The van der Waals surface area contributed by atoms with Crippen molar-refractivity contribution in [2.75, 3.05) is 6.54 Å². The van der Waals surface area contributed by atoms with E-state index in [0.29, 0.717) is 6.04 Å². The summed E-state index contributed by atoms with van der Waals surface area (Å²) in [7, 11) is 0. The lowest BCUT2D eigenvalue weighted by Gasteiger charge is -2.13. The Kier molecular flexibility index (Phi) is 5.37. The van der Waals surface area contributed by atoms with Gasteiger partial charge in [0, 0.05) is 6.04 Å². The van der Waals surface area contributed by atoms with E-state index in [4.69, 9.17) is 0 Å². The molecule has 0 fully saturated rings. The molecule has 0 radical (unpaired) electrons. The molecule has 1 nitrogen and oxygen atoms in total. The predicted molar refractivity (Wildman–Crippen MR) is 88.1 cm³/mol. The monoisotopic (exact) mass is 267 g/mol. The van der Waals surface area contributed by atoms with Gasteiger partial charge < -0.3 is 5.32 Å². The Balaban J connectivity index is 2.01. The van der Waals surface area contributed by atoms with Crippen LogP contribution in [-0.2, 0) is 6.42 Å². The number of hydrogen-bond acceptors (Lipinski definition) is 1. The smallest absolute Gasteiger partial charge is 0.00791 e. The van der Waals surface area contributed by atoms with Gasteiger partial charge in [0.05, 0.1) is 0 Å². The molecule has 1 unspecified atom stereocenters. The van der Waals surface area contributed by atoms with Gasteiger partial charge in [0.1, 0.15) is 0 Å². The summed E-state index contributed by atoms with van der Waals surface area (Å²) in [5.74, 6) is 0. The van der Waals surface area contributed by atoms with E-state index >= 15 is 0 Å². The lowest BCUT2D eigenvalue weighted by atomic mass is 10.0. The Morgan fingerprint density at radius 2 is 1.45 bits per heavy atom. The van der Waals surface area contributed by atoms with Crippen molar-refractivity contribution in [3.05, 3.63) is 59.7 Å². The third kappa shape index (κ3) is 4.21. The van der Waals surface area contributed by atoms with Crippen molar-refractivity contribution in [3.8, 4) is 11.1 Å². The van der Waals surface area contributed by atoms with Crippen LogP contribution in [-0.4, -0.2) is 12.6 Å². The molecule has 0 spiro atoms. The first-order valence-corrected chi connectivity index (χ1v) is 7.58. The van der Waals surface area contributed by atoms with Crippen molar-refractivity contribution in [3.63, 3.8) is 0 Å². The highest BCUT2D eigenvalue weighted by molar-refractivity contribution is 5.63. The van der Waals surface area contributed by atoms with E-state index in [-0.39, 0.29) is 0 Å². The molecule has 1 atom stereocenters. The number of benzene rings is 2. The second-order valence-corrected chi connectivity index (χ2v) is 5.62. The van der Waals surface area contributed by atoms with Crippen molar-refractivity contribution in [2.24, 2.45) is 0 Å². The summed E-state index contributed by atoms with van der Waals surface area (Å²) in [6.45, 7) is 7.68. The van der Waals surface area contributed by atoms with Crippen LogP contribution in [0, 0.1) is 6.92 Å². The first-order chi connectivity index (χ1) is 9.69. The van der Waals surface area contributed by atoms with Crippen LogP contribution < -0.4 is 5.32 Å². The van der Waals surface area contributed by atoms with E-state index in [9.17, 15) is 0 Å². The predicted octanol–water partition coefficient (Wildman–Crippen LogP) is 4.59. The van der Waals surface area contributed by atoms with Gasteiger partial charge in [-0.05, 0) is 49.9 Å². The second-order valence-electron chi connectivity index (χ2n) is 5.62. The molecule has 1 heteroatoms. The van der Waals surface area contributed by atoms with Crippen molar-refractivity contribution in [1.29, 1.82) is 0 Å². The molecule has 0 amide bonds. The minimum Gasteiger partial charge on any atom is -0.314 e. The van der Waals surface area contributed by atoms with Gasteiger partial charge in [-0.3, -0.25) is 0 Å². The molecule has 2 aromatic carbocycles. The van der Waals surface area contributed by atoms with Crippen molar-refractivity contribution >= 4 is 0 Å². The fourth-order valence-electron chi connectivity index (χ4n) is 2.40. The van der Waals surface area contributed by atoms with E-state index in [2.05, 4.69) is 74.6 Å². The molecule has 0 saturated carbocycles. The first-order valence-electron chi connectivity index (χ1n) is 7.58. The molecule has 1 N–H and O–H groups in total. The molecule has 0 aliphatic rings. The van der Waals surface area contributed by atoms with Gasteiger partial charge in [-0.25, -0.2) is 0 Å². The highest BCUT2D eigenvalue weighted by Crippen LogP contribution is 2.20. The molecule has 0 aliphatic heterocycles. The zero-order valence-electron chi connectivity index (χ0n) is 12.8. The Morgan fingerprint density at radius 1 is 0.900 bits per heavy atom. The van der Waals surface area contributed by atoms with E-state index in [1.807, 2.05) is 0 Å². The van der Waals surface area contributed by atoms with Crippen LogP contribution in [0.25, 0.3) is 11.1 Å². The van der Waals surface area contributed by atoms with E-state index < -0.39 is 0 Å². The molecule has 2 rings (SSSR count). The zero-order valence-corrected chi connectivity index (χ0v) is 12.8. The summed E-state index contributed by atoms with van der Waals surface area (Å²) in [6, 6.07) is 18.2. The molecule has 20 heavy (non-hydrogen) atoms. The summed E-state index contributed by atoms with van der Waals surface area (Å²) in [5, 5.41) is 3.53. The lowest BCUT2D eigenvalue weighted by molar-refractivity contribution is 0.543. The second kappa shape index (κ2) is 7.25. The highest BCUT2D eigenvalue weighted by atomic mass is 14.9. The number of aryl methyl sites for hydroxylation is 1. The minimum absolute atomic E-state index is 0.542. The molecular weight excluding hydrogens is 242 g/mol. The van der Waals surface area contributed by atoms with Gasteiger partial charge in [0.25, 0.3) is 0 Å². The fraction of sp³-hybridized carbons (Fsp3) is 0.368. The first kappa shape index (κ1) is 14.8. The van der Waals surface area contributed by atoms with Crippen LogP contribution in [0.15, 0.2) is 48.5 Å². The average molecular weight is 267 g/mol. The maximum atomic E-state index is 3.53. The lowest BCUT2D eigenvalue weighted by Crippen LogP contribution is -2.28. The van der Waals surface area contributed by atoms with Gasteiger partial charge in [0.2, 0.25) is 0 Å². The van der Waals surface area contributed by atoms with Crippen LogP contribution in [0.2, 0.25) is 0 Å². The molecule has 2 aromatic rings. The quantitative estimate of drug-likeness (QED) is 0.807. The normalized spacial score (nSPS) is 12.3. The summed E-state index contributed by atoms with van der Waals surface area (Å²) >= 11 is 0. The maximum Gasteiger partial charge on any atom is 0.00791 e. The molecule has 0 heterocycles. The number of nitrogens with one attached hydrogen (secondary N) is 1. The maximum absolute atomic E-state index is 3.53. The largest absolute Gasteiger partial charge is 0.314 e. The Labute approximate surface area is 123 Å². The Hall–Kier alpha value is -1.60. The average Bonchev–Trinajstić information content (AvgIpc) is 2.47. The molecule has 0 bridgehead atoms. The molecular formula is C19H25N. The van der Waals surface area contributed by atoms with E-state index in [1.54, 1.807) is 0 Å². The summed E-state index contributed by atoms with van der Waals surface area (Å²) in [4.78, 5) is 0. The number of rotatable bonds is 6. The SMILES string of the molecule is CCCNC(C)Cc1ccc(-c2ccc(C)cc2)cc1. The van der Waals surface area contributed by atoms with Crippen LogP contribution in [0.1, 0.15) is 31.4 Å². The van der Waals surface area contributed by atoms with E-state index in [1.165, 1.54) is 28.7 Å². The van der Waals surface area contributed by atoms with Crippen LogP contribution in [0.3, 0.4) is 0 Å². The topological polar surface area (TPSA) is 12.0 Å². The van der Waals surface area contributed by atoms with Gasteiger partial charge in [-0.1, -0.05) is 61.0 Å². The molecule has 0 aliphatic carbocycles. The van der Waals surface area contributed by atoms with Crippen molar-refractivity contribution in [2.45, 2.75) is 39.7 Å². The van der Waals surface area contributed by atoms with Gasteiger partial charge in [-0.2, -0.15) is 0 Å². The zero-order chi connectivity index (χ0) is 14.4. The fourth-order valence-corrected chi connectivity index (χ4v) is 2.40. The van der Waals surface area contributed by atoms with Gasteiger partial charge >= 0.3 is 0 Å². The van der Waals surface area contributed by atoms with Crippen LogP contribution >= 0.6 is 0 Å². The minimum atomic E-state index is 0.542. The van der Waals surface area contributed by atoms with Crippen molar-refractivity contribution < 1.29 is 0 Å². The summed E-state index contributed by atoms with van der Waals surface area (Å²) in [5.41, 5.74) is 5.29. The number of hydrogen-bond donors (Lipinski definition) is 1. The summed E-state index contributed by atoms with van der Waals surface area (Å²) < 4.78 is 0. The Bertz CT molecular complexity index is 510. The van der Waals surface area contributed by atoms with Crippen molar-refractivity contribution in [1.82, 2.24) is 5.32 Å². The Morgan fingerprint density at radius 3 is 2.00 bits per heavy atom. The van der Waals surface area contributed by atoms with Crippen LogP contribution in [0.4, 0.5) is 0 Å². The molecule has 0 aromatic heterocycles. The third-order valence-electron chi connectivity index (χ3n) is 3.62. The van der Waals surface area contributed by atoms with Gasteiger partial charge in [0.15, 0.2) is 0 Å². The van der Waals surface area contributed by atoms with Gasteiger partial charge in [-0.15, -0.1) is 0 Å². The standard InChI is InChI=1S/C19H25N/c1-4-13-20-16(3)14-17-7-11-19(12-8-17)18-9-5-15(2)6-10-18/h5-12,16,20H,4,13-14H2,1-3H3. The molecule has 0 saturated heterocycles. The highest BCUT2D eigenvalue weighted by Gasteiger charge is 2.03. The van der Waals surface area contributed by atoms with E-state index in [0.717, 1.165) is 13.0 Å². The third-order valence-corrected chi connectivity index (χ3v) is 3.62. The summed E-state index contributed by atoms with van der Waals surface area (Å²) in [6.07, 6.45) is 2.28. The molecule has 106 valence electrons. The van der Waals surface area contributed by atoms with Crippen LogP contribution in [0.5, 0.6) is 0 Å².